The lowest BCUT2D eigenvalue weighted by Gasteiger charge is -2.17. The number of carbonyl (C=O) groups excluding carboxylic acids is 2. The summed E-state index contributed by atoms with van der Waals surface area (Å²) in [7, 11) is 0. The fourth-order valence-electron chi connectivity index (χ4n) is 3.65. The lowest BCUT2D eigenvalue weighted by atomic mass is 10.0. The van der Waals surface area contributed by atoms with Crippen LogP contribution in [0.4, 0.5) is 5.69 Å². The zero-order valence-electron chi connectivity index (χ0n) is 16.4. The summed E-state index contributed by atoms with van der Waals surface area (Å²) in [6.07, 6.45) is 1.46. The summed E-state index contributed by atoms with van der Waals surface area (Å²) >= 11 is 0. The van der Waals surface area contributed by atoms with Crippen molar-refractivity contribution in [2.45, 2.75) is 25.8 Å². The number of nitrogens with zero attached hydrogens (tertiary/aromatic N) is 1. The Morgan fingerprint density at radius 1 is 1.07 bits per heavy atom. The third-order valence-corrected chi connectivity index (χ3v) is 5.22. The lowest BCUT2D eigenvalue weighted by Crippen LogP contribution is -2.31. The molecule has 1 heterocycles. The highest BCUT2D eigenvalue weighted by Gasteiger charge is 2.22. The van der Waals surface area contributed by atoms with Gasteiger partial charge < -0.3 is 15.0 Å². The summed E-state index contributed by atoms with van der Waals surface area (Å²) in [5.41, 5.74) is 1.86. The lowest BCUT2D eigenvalue weighted by molar-refractivity contribution is -0.123. The summed E-state index contributed by atoms with van der Waals surface area (Å²) in [6.45, 7) is 2.61. The summed E-state index contributed by atoms with van der Waals surface area (Å²) < 4.78 is 5.66. The number of anilines is 1. The summed E-state index contributed by atoms with van der Waals surface area (Å²) in [5, 5.41) is 5.30. The van der Waals surface area contributed by atoms with Crippen molar-refractivity contribution in [3.05, 3.63) is 72.3 Å². The van der Waals surface area contributed by atoms with Gasteiger partial charge in [-0.3, -0.25) is 9.59 Å². The monoisotopic (exact) mass is 388 g/mol. The van der Waals surface area contributed by atoms with Crippen molar-refractivity contribution in [3.8, 4) is 5.75 Å². The summed E-state index contributed by atoms with van der Waals surface area (Å²) in [5.74, 6) is 0.521. The van der Waals surface area contributed by atoms with E-state index in [1.54, 1.807) is 11.0 Å². The summed E-state index contributed by atoms with van der Waals surface area (Å²) in [4.78, 5) is 26.0. The second-order valence-corrected chi connectivity index (χ2v) is 7.33. The molecule has 0 aliphatic carbocycles. The average Bonchev–Trinajstić information content (AvgIpc) is 3.18. The van der Waals surface area contributed by atoms with Gasteiger partial charge in [-0.15, -0.1) is 0 Å². The predicted molar refractivity (Wildman–Crippen MR) is 114 cm³/mol. The minimum Gasteiger partial charge on any atom is -0.484 e. The van der Waals surface area contributed by atoms with Gasteiger partial charge in [0.1, 0.15) is 5.75 Å². The highest BCUT2D eigenvalue weighted by atomic mass is 16.5. The van der Waals surface area contributed by atoms with Gasteiger partial charge in [0, 0.05) is 24.7 Å². The molecule has 3 aromatic rings. The van der Waals surface area contributed by atoms with Crippen molar-refractivity contribution in [2.75, 3.05) is 18.1 Å². The zero-order chi connectivity index (χ0) is 20.2. The minimum absolute atomic E-state index is 0.0741. The second kappa shape index (κ2) is 8.35. The number of benzene rings is 3. The van der Waals surface area contributed by atoms with Gasteiger partial charge in [0.15, 0.2) is 6.61 Å². The first-order valence-corrected chi connectivity index (χ1v) is 9.91. The zero-order valence-corrected chi connectivity index (χ0v) is 16.4. The topological polar surface area (TPSA) is 58.6 Å². The molecule has 4 rings (SSSR count). The molecular formula is C24H24N2O3. The molecule has 1 aliphatic heterocycles. The average molecular weight is 388 g/mol. The van der Waals surface area contributed by atoms with Crippen molar-refractivity contribution < 1.29 is 14.3 Å². The number of amides is 2. The summed E-state index contributed by atoms with van der Waals surface area (Å²) in [6, 6.07) is 21.6. The van der Waals surface area contributed by atoms with Crippen molar-refractivity contribution >= 4 is 28.3 Å². The normalized spacial score (nSPS) is 14.8. The van der Waals surface area contributed by atoms with Crippen molar-refractivity contribution in [3.63, 3.8) is 0 Å². The molecule has 1 N–H and O–H groups in total. The molecule has 2 amide bonds. The number of carbonyl (C=O) groups is 2. The third-order valence-electron chi connectivity index (χ3n) is 5.22. The van der Waals surface area contributed by atoms with E-state index in [4.69, 9.17) is 4.74 Å². The number of hydrogen-bond acceptors (Lipinski definition) is 3. The SMILES string of the molecule is C[C@H](NC(=O)COc1cccc(N2CCCC2=O)c1)c1ccc2ccccc2c1. The molecule has 1 saturated heterocycles. The van der Waals surface area contributed by atoms with Crippen LogP contribution >= 0.6 is 0 Å². The molecule has 148 valence electrons. The Bertz CT molecular complexity index is 1050. The number of hydrogen-bond donors (Lipinski definition) is 1. The first-order valence-electron chi connectivity index (χ1n) is 9.91. The highest BCUT2D eigenvalue weighted by molar-refractivity contribution is 5.95. The Morgan fingerprint density at radius 2 is 1.90 bits per heavy atom. The van der Waals surface area contributed by atoms with Gasteiger partial charge >= 0.3 is 0 Å². The molecule has 29 heavy (non-hydrogen) atoms. The largest absolute Gasteiger partial charge is 0.484 e. The van der Waals surface area contributed by atoms with E-state index < -0.39 is 0 Å². The molecule has 0 bridgehead atoms. The van der Waals surface area contributed by atoms with E-state index in [2.05, 4.69) is 29.6 Å². The Balaban J connectivity index is 1.35. The van der Waals surface area contributed by atoms with Crippen LogP contribution in [0, 0.1) is 0 Å². The van der Waals surface area contributed by atoms with Gasteiger partial charge in [-0.05, 0) is 47.9 Å². The van der Waals surface area contributed by atoms with E-state index in [0.29, 0.717) is 12.2 Å². The van der Waals surface area contributed by atoms with Crippen LogP contribution in [-0.4, -0.2) is 25.0 Å². The van der Waals surface area contributed by atoms with Gasteiger partial charge in [-0.1, -0.05) is 42.5 Å². The van der Waals surface area contributed by atoms with Gasteiger partial charge in [0.2, 0.25) is 5.91 Å². The second-order valence-electron chi connectivity index (χ2n) is 7.33. The van der Waals surface area contributed by atoms with E-state index in [-0.39, 0.29) is 24.5 Å². The first kappa shape index (κ1) is 19.0. The van der Waals surface area contributed by atoms with E-state index in [1.165, 1.54) is 5.39 Å². The smallest absolute Gasteiger partial charge is 0.258 e. The van der Waals surface area contributed by atoms with Crippen LogP contribution < -0.4 is 15.0 Å². The van der Waals surface area contributed by atoms with Crippen LogP contribution in [0.5, 0.6) is 5.75 Å². The molecule has 0 spiro atoms. The fraction of sp³-hybridized carbons (Fsp3) is 0.250. The fourth-order valence-corrected chi connectivity index (χ4v) is 3.65. The Morgan fingerprint density at radius 3 is 2.69 bits per heavy atom. The van der Waals surface area contributed by atoms with E-state index in [9.17, 15) is 9.59 Å². The van der Waals surface area contributed by atoms with Crippen molar-refractivity contribution in [2.24, 2.45) is 0 Å². The minimum atomic E-state index is -0.187. The van der Waals surface area contributed by atoms with Gasteiger partial charge in [0.25, 0.3) is 5.91 Å². The Kier molecular flexibility index (Phi) is 5.47. The van der Waals surface area contributed by atoms with Gasteiger partial charge in [-0.25, -0.2) is 0 Å². The molecule has 0 saturated carbocycles. The van der Waals surface area contributed by atoms with E-state index in [0.717, 1.165) is 29.6 Å². The first-order chi connectivity index (χ1) is 14.1. The maximum Gasteiger partial charge on any atom is 0.258 e. The molecule has 0 aromatic heterocycles. The van der Waals surface area contributed by atoms with Crippen LogP contribution in [0.3, 0.4) is 0 Å². The molecule has 0 unspecified atom stereocenters. The molecular weight excluding hydrogens is 364 g/mol. The predicted octanol–water partition coefficient (Wildman–Crippen LogP) is 4.22. The highest BCUT2D eigenvalue weighted by Crippen LogP contribution is 2.25. The number of nitrogens with one attached hydrogen (secondary N) is 1. The van der Waals surface area contributed by atoms with Crippen LogP contribution in [0.2, 0.25) is 0 Å². The number of fused-ring (bicyclic) bond motifs is 1. The maximum atomic E-state index is 12.4. The standard InChI is InChI=1S/C24H24N2O3/c1-17(19-12-11-18-6-2-3-7-20(18)14-19)25-23(27)16-29-22-9-4-8-21(15-22)26-13-5-10-24(26)28/h2-4,6-9,11-12,14-15,17H,5,10,13,16H2,1H3,(H,25,27)/t17-/m0/s1. The molecule has 0 radical (unpaired) electrons. The molecule has 3 aromatic carbocycles. The molecule has 5 nitrogen and oxygen atoms in total. The van der Waals surface area contributed by atoms with Gasteiger partial charge in [-0.2, -0.15) is 0 Å². The van der Waals surface area contributed by atoms with Crippen LogP contribution in [0.25, 0.3) is 10.8 Å². The van der Waals surface area contributed by atoms with Gasteiger partial charge in [0.05, 0.1) is 6.04 Å². The molecule has 5 heteroatoms. The molecule has 1 atom stereocenters. The van der Waals surface area contributed by atoms with E-state index >= 15 is 0 Å². The van der Waals surface area contributed by atoms with Crippen molar-refractivity contribution in [1.29, 1.82) is 0 Å². The Labute approximate surface area is 170 Å². The van der Waals surface area contributed by atoms with Crippen LogP contribution in [-0.2, 0) is 9.59 Å². The van der Waals surface area contributed by atoms with Crippen molar-refractivity contribution in [1.82, 2.24) is 5.32 Å². The molecule has 1 aliphatic rings. The van der Waals surface area contributed by atoms with E-state index in [1.807, 2.05) is 43.3 Å². The molecule has 1 fully saturated rings. The number of rotatable bonds is 6. The van der Waals surface area contributed by atoms with Crippen LogP contribution in [0.15, 0.2) is 66.7 Å². The third kappa shape index (κ3) is 4.40. The number of ether oxygens (including phenoxy) is 1. The Hall–Kier alpha value is -3.34. The quantitative estimate of drug-likeness (QED) is 0.688. The van der Waals surface area contributed by atoms with Crippen LogP contribution in [0.1, 0.15) is 31.4 Å². The maximum absolute atomic E-state index is 12.4.